The quantitative estimate of drug-likeness (QED) is 0.819. The normalized spacial score (nSPS) is 19.2. The van der Waals surface area contributed by atoms with E-state index in [9.17, 15) is 5.11 Å². The molecule has 0 saturated heterocycles. The minimum atomic E-state index is -0.274. The standard InChI is InChI=1S/C17H17IO/c18-14-8-5-12(6-9-14)11-17(19)16-10-7-13-3-1-2-4-15(13)16/h1-6,8-9,16-17,19H,7,10-11H2. The van der Waals surface area contributed by atoms with Crippen molar-refractivity contribution in [3.63, 3.8) is 0 Å². The predicted molar refractivity (Wildman–Crippen MR) is 86.4 cm³/mol. The maximum Gasteiger partial charge on any atom is 0.0649 e. The molecule has 3 rings (SSSR count). The summed E-state index contributed by atoms with van der Waals surface area (Å²) in [4.78, 5) is 0. The molecule has 0 spiro atoms. The van der Waals surface area contributed by atoms with E-state index in [1.54, 1.807) is 0 Å². The van der Waals surface area contributed by atoms with Crippen LogP contribution in [-0.4, -0.2) is 11.2 Å². The smallest absolute Gasteiger partial charge is 0.0649 e. The Morgan fingerprint density at radius 1 is 1.11 bits per heavy atom. The summed E-state index contributed by atoms with van der Waals surface area (Å²) in [5.41, 5.74) is 3.98. The summed E-state index contributed by atoms with van der Waals surface area (Å²) < 4.78 is 1.24. The Labute approximate surface area is 127 Å². The molecule has 1 aliphatic rings. The topological polar surface area (TPSA) is 20.2 Å². The Morgan fingerprint density at radius 3 is 2.63 bits per heavy atom. The van der Waals surface area contributed by atoms with E-state index in [1.165, 1.54) is 20.3 Å². The largest absolute Gasteiger partial charge is 0.392 e. The third kappa shape index (κ3) is 2.84. The third-order valence-corrected chi connectivity index (χ3v) is 4.72. The van der Waals surface area contributed by atoms with Crippen LogP contribution < -0.4 is 0 Å². The first kappa shape index (κ1) is 13.1. The van der Waals surface area contributed by atoms with E-state index in [1.807, 2.05) is 0 Å². The average molecular weight is 364 g/mol. The molecule has 2 unspecified atom stereocenters. The van der Waals surface area contributed by atoms with Crippen LogP contribution in [0.3, 0.4) is 0 Å². The van der Waals surface area contributed by atoms with Gasteiger partial charge in [-0.05, 0) is 70.7 Å². The van der Waals surface area contributed by atoms with Crippen LogP contribution >= 0.6 is 22.6 Å². The molecule has 19 heavy (non-hydrogen) atoms. The van der Waals surface area contributed by atoms with E-state index in [4.69, 9.17) is 0 Å². The lowest BCUT2D eigenvalue weighted by molar-refractivity contribution is 0.143. The van der Waals surface area contributed by atoms with Crippen LogP contribution in [0, 0.1) is 3.57 Å². The number of rotatable bonds is 3. The highest BCUT2D eigenvalue weighted by molar-refractivity contribution is 14.1. The number of aliphatic hydroxyl groups is 1. The molecule has 2 heteroatoms. The first-order valence-corrected chi connectivity index (χ1v) is 7.82. The van der Waals surface area contributed by atoms with Gasteiger partial charge in [-0.25, -0.2) is 0 Å². The van der Waals surface area contributed by atoms with E-state index >= 15 is 0 Å². The van der Waals surface area contributed by atoms with Gasteiger partial charge in [0.15, 0.2) is 0 Å². The Bertz CT molecular complexity index is 562. The van der Waals surface area contributed by atoms with Gasteiger partial charge < -0.3 is 5.11 Å². The second-order valence-corrected chi connectivity index (χ2v) is 6.49. The summed E-state index contributed by atoms with van der Waals surface area (Å²) in [5.74, 6) is 0.301. The van der Waals surface area contributed by atoms with Crippen LogP contribution in [0.5, 0.6) is 0 Å². The molecule has 1 aliphatic carbocycles. The van der Waals surface area contributed by atoms with Crippen LogP contribution in [0.2, 0.25) is 0 Å². The zero-order valence-corrected chi connectivity index (χ0v) is 12.9. The summed E-state index contributed by atoms with van der Waals surface area (Å²) in [6.45, 7) is 0. The fourth-order valence-electron chi connectivity index (χ4n) is 2.99. The van der Waals surface area contributed by atoms with Crippen LogP contribution in [0.4, 0.5) is 0 Å². The summed E-state index contributed by atoms with van der Waals surface area (Å²) in [6, 6.07) is 17.0. The summed E-state index contributed by atoms with van der Waals surface area (Å²) in [7, 11) is 0. The molecule has 0 saturated carbocycles. The second kappa shape index (κ2) is 5.63. The zero-order valence-electron chi connectivity index (χ0n) is 10.7. The van der Waals surface area contributed by atoms with Crippen molar-refractivity contribution < 1.29 is 5.11 Å². The van der Waals surface area contributed by atoms with E-state index < -0.39 is 0 Å². The Hall–Kier alpha value is -0.870. The minimum absolute atomic E-state index is 0.274. The number of hydrogen-bond acceptors (Lipinski definition) is 1. The molecule has 0 aromatic heterocycles. The van der Waals surface area contributed by atoms with Crippen LogP contribution in [0.15, 0.2) is 48.5 Å². The molecule has 0 amide bonds. The van der Waals surface area contributed by atoms with E-state index in [0.717, 1.165) is 19.3 Å². The van der Waals surface area contributed by atoms with Crippen molar-refractivity contribution >= 4 is 22.6 Å². The Balaban J connectivity index is 1.75. The lowest BCUT2D eigenvalue weighted by Gasteiger charge is -2.19. The van der Waals surface area contributed by atoms with Crippen molar-refractivity contribution in [1.29, 1.82) is 0 Å². The highest BCUT2D eigenvalue weighted by Crippen LogP contribution is 2.36. The highest BCUT2D eigenvalue weighted by atomic mass is 127. The number of halogens is 1. The van der Waals surface area contributed by atoms with Gasteiger partial charge in [0.25, 0.3) is 0 Å². The van der Waals surface area contributed by atoms with Crippen LogP contribution in [0.1, 0.15) is 29.0 Å². The first-order chi connectivity index (χ1) is 9.24. The van der Waals surface area contributed by atoms with Gasteiger partial charge in [0.05, 0.1) is 6.10 Å². The summed E-state index contributed by atoms with van der Waals surface area (Å²) >= 11 is 2.31. The summed E-state index contributed by atoms with van der Waals surface area (Å²) in [5, 5.41) is 10.5. The molecular formula is C17H17IO. The molecule has 1 N–H and O–H groups in total. The molecule has 0 heterocycles. The average Bonchev–Trinajstić information content (AvgIpc) is 2.85. The maximum atomic E-state index is 10.5. The number of aryl methyl sites for hydroxylation is 1. The number of hydrogen-bond donors (Lipinski definition) is 1. The van der Waals surface area contributed by atoms with Gasteiger partial charge in [0.1, 0.15) is 0 Å². The van der Waals surface area contributed by atoms with Crippen molar-refractivity contribution in [1.82, 2.24) is 0 Å². The Kier molecular flexibility index (Phi) is 3.89. The van der Waals surface area contributed by atoms with Gasteiger partial charge in [-0.15, -0.1) is 0 Å². The fourth-order valence-corrected chi connectivity index (χ4v) is 3.35. The molecule has 0 bridgehead atoms. The lowest BCUT2D eigenvalue weighted by Crippen LogP contribution is -2.19. The third-order valence-electron chi connectivity index (χ3n) is 4.00. The number of aliphatic hydroxyl groups excluding tert-OH is 1. The van der Waals surface area contributed by atoms with E-state index in [2.05, 4.69) is 71.1 Å². The molecule has 0 fully saturated rings. The van der Waals surface area contributed by atoms with Crippen LogP contribution in [0.25, 0.3) is 0 Å². The van der Waals surface area contributed by atoms with Crippen molar-refractivity contribution in [2.45, 2.75) is 31.3 Å². The van der Waals surface area contributed by atoms with Gasteiger partial charge >= 0.3 is 0 Å². The fraction of sp³-hybridized carbons (Fsp3) is 0.294. The monoisotopic (exact) mass is 364 g/mol. The molecule has 0 aliphatic heterocycles. The first-order valence-electron chi connectivity index (χ1n) is 6.74. The zero-order chi connectivity index (χ0) is 13.2. The van der Waals surface area contributed by atoms with E-state index in [0.29, 0.717) is 5.92 Å². The van der Waals surface area contributed by atoms with E-state index in [-0.39, 0.29) is 6.10 Å². The molecule has 2 atom stereocenters. The van der Waals surface area contributed by atoms with Gasteiger partial charge in [0, 0.05) is 9.49 Å². The number of benzene rings is 2. The van der Waals surface area contributed by atoms with Gasteiger partial charge in [-0.2, -0.15) is 0 Å². The molecule has 0 radical (unpaired) electrons. The molecular weight excluding hydrogens is 347 g/mol. The highest BCUT2D eigenvalue weighted by Gasteiger charge is 2.28. The minimum Gasteiger partial charge on any atom is -0.392 e. The van der Waals surface area contributed by atoms with Crippen LogP contribution in [-0.2, 0) is 12.8 Å². The second-order valence-electron chi connectivity index (χ2n) is 5.24. The van der Waals surface area contributed by atoms with Crippen molar-refractivity contribution in [2.75, 3.05) is 0 Å². The van der Waals surface area contributed by atoms with Crippen molar-refractivity contribution in [3.8, 4) is 0 Å². The molecule has 98 valence electrons. The van der Waals surface area contributed by atoms with Gasteiger partial charge in [-0.1, -0.05) is 36.4 Å². The molecule has 2 aromatic carbocycles. The predicted octanol–water partition coefficient (Wildman–Crippen LogP) is 3.92. The molecule has 2 aromatic rings. The Morgan fingerprint density at radius 2 is 1.84 bits per heavy atom. The lowest BCUT2D eigenvalue weighted by atomic mass is 9.91. The van der Waals surface area contributed by atoms with Crippen molar-refractivity contribution in [2.24, 2.45) is 0 Å². The SMILES string of the molecule is OC(Cc1ccc(I)cc1)C1CCc2ccccc21. The van der Waals surface area contributed by atoms with Gasteiger partial charge in [0.2, 0.25) is 0 Å². The molecule has 1 nitrogen and oxygen atoms in total. The van der Waals surface area contributed by atoms with Crippen molar-refractivity contribution in [3.05, 3.63) is 68.8 Å². The maximum absolute atomic E-state index is 10.5. The summed E-state index contributed by atoms with van der Waals surface area (Å²) in [6.07, 6.45) is 2.65. The number of fused-ring (bicyclic) bond motifs is 1. The van der Waals surface area contributed by atoms with Gasteiger partial charge in [-0.3, -0.25) is 0 Å².